The van der Waals surface area contributed by atoms with Crippen LogP contribution in [-0.4, -0.2) is 46.5 Å². The van der Waals surface area contributed by atoms with Crippen molar-refractivity contribution in [1.82, 2.24) is 14.5 Å². The lowest BCUT2D eigenvalue weighted by atomic mass is 10.1. The van der Waals surface area contributed by atoms with Crippen LogP contribution >= 0.6 is 0 Å². The molecule has 2 aromatic carbocycles. The highest BCUT2D eigenvalue weighted by Crippen LogP contribution is 2.17. The molecule has 2 heterocycles. The molecule has 0 atom stereocenters. The van der Waals surface area contributed by atoms with Crippen LogP contribution in [0.2, 0.25) is 0 Å². The van der Waals surface area contributed by atoms with Gasteiger partial charge in [-0.3, -0.25) is 9.59 Å². The van der Waals surface area contributed by atoms with Crippen molar-refractivity contribution in [3.05, 3.63) is 70.5 Å². The van der Waals surface area contributed by atoms with E-state index < -0.39 is 0 Å². The van der Waals surface area contributed by atoms with Crippen molar-refractivity contribution in [3.8, 4) is 0 Å². The monoisotopic (exact) mass is 404 g/mol. The van der Waals surface area contributed by atoms with E-state index in [0.717, 1.165) is 23.9 Å². The van der Waals surface area contributed by atoms with Crippen molar-refractivity contribution < 1.29 is 4.79 Å². The molecule has 0 unspecified atom stereocenters. The molecular formula is C24H28N4O2. The SMILES string of the molecule is CCCn1c(=O)c(N2CCN(C(=O)CCc3ccccc3)CC2)nc2ccccc21. The van der Waals surface area contributed by atoms with Gasteiger partial charge in [-0.15, -0.1) is 0 Å². The van der Waals surface area contributed by atoms with E-state index in [0.29, 0.717) is 45.0 Å². The van der Waals surface area contributed by atoms with E-state index in [1.165, 1.54) is 5.56 Å². The summed E-state index contributed by atoms with van der Waals surface area (Å²) in [5.74, 6) is 0.673. The summed E-state index contributed by atoms with van der Waals surface area (Å²) in [6.45, 7) is 5.24. The van der Waals surface area contributed by atoms with Gasteiger partial charge in [0, 0.05) is 39.1 Å². The van der Waals surface area contributed by atoms with Crippen LogP contribution in [0.1, 0.15) is 25.3 Å². The van der Waals surface area contributed by atoms with Gasteiger partial charge in [-0.2, -0.15) is 0 Å². The minimum Gasteiger partial charge on any atom is -0.348 e. The molecule has 1 amide bonds. The summed E-state index contributed by atoms with van der Waals surface area (Å²) in [5, 5.41) is 0. The highest BCUT2D eigenvalue weighted by Gasteiger charge is 2.24. The molecule has 156 valence electrons. The molecule has 0 saturated carbocycles. The third kappa shape index (κ3) is 4.22. The smallest absolute Gasteiger partial charge is 0.294 e. The van der Waals surface area contributed by atoms with E-state index in [1.807, 2.05) is 56.8 Å². The number of nitrogens with zero attached hydrogens (tertiary/aromatic N) is 4. The fourth-order valence-electron chi connectivity index (χ4n) is 4.05. The highest BCUT2D eigenvalue weighted by molar-refractivity contribution is 5.77. The molecule has 0 aliphatic carbocycles. The molecule has 3 aromatic rings. The number of carbonyl (C=O) groups excluding carboxylic acids is 1. The molecule has 6 nitrogen and oxygen atoms in total. The number of aryl methyl sites for hydroxylation is 2. The number of hydrogen-bond donors (Lipinski definition) is 0. The molecule has 0 bridgehead atoms. The number of hydrogen-bond acceptors (Lipinski definition) is 4. The van der Waals surface area contributed by atoms with Crippen LogP contribution in [0.15, 0.2) is 59.4 Å². The largest absolute Gasteiger partial charge is 0.348 e. The first-order valence-electron chi connectivity index (χ1n) is 10.7. The third-order valence-corrected chi connectivity index (χ3v) is 5.68. The molecule has 30 heavy (non-hydrogen) atoms. The zero-order valence-corrected chi connectivity index (χ0v) is 17.5. The van der Waals surface area contributed by atoms with Gasteiger partial charge in [-0.1, -0.05) is 49.4 Å². The van der Waals surface area contributed by atoms with Gasteiger partial charge in [0.1, 0.15) is 0 Å². The molecule has 1 aliphatic rings. The lowest BCUT2D eigenvalue weighted by molar-refractivity contribution is -0.131. The fourth-order valence-corrected chi connectivity index (χ4v) is 4.05. The number of benzene rings is 2. The number of rotatable bonds is 6. The Kier molecular flexibility index (Phi) is 6.12. The Morgan fingerprint density at radius 3 is 2.40 bits per heavy atom. The number of para-hydroxylation sites is 2. The number of carbonyl (C=O) groups is 1. The standard InChI is InChI=1S/C24H28N4O2/c1-2-14-28-21-11-7-6-10-20(21)25-23(24(28)30)27-17-15-26(16-18-27)22(29)13-12-19-8-4-3-5-9-19/h3-11H,2,12-18H2,1H3. The number of aromatic nitrogens is 2. The number of piperazine rings is 1. The maximum Gasteiger partial charge on any atom is 0.294 e. The molecular weight excluding hydrogens is 376 g/mol. The van der Waals surface area contributed by atoms with Gasteiger partial charge in [0.2, 0.25) is 5.91 Å². The quantitative estimate of drug-likeness (QED) is 0.634. The Hall–Kier alpha value is -3.15. The Labute approximate surface area is 176 Å². The van der Waals surface area contributed by atoms with E-state index >= 15 is 0 Å². The molecule has 6 heteroatoms. The summed E-state index contributed by atoms with van der Waals surface area (Å²) in [5.41, 5.74) is 2.85. The molecule has 1 aromatic heterocycles. The van der Waals surface area contributed by atoms with Crippen molar-refractivity contribution in [1.29, 1.82) is 0 Å². The van der Waals surface area contributed by atoms with Gasteiger partial charge in [-0.05, 0) is 30.5 Å². The van der Waals surface area contributed by atoms with Crippen LogP contribution in [-0.2, 0) is 17.8 Å². The Balaban J connectivity index is 1.45. The second-order valence-electron chi connectivity index (χ2n) is 7.73. The third-order valence-electron chi connectivity index (χ3n) is 5.68. The normalized spacial score (nSPS) is 14.3. The topological polar surface area (TPSA) is 58.4 Å². The first kappa shape index (κ1) is 20.1. The van der Waals surface area contributed by atoms with Gasteiger partial charge in [-0.25, -0.2) is 4.98 Å². The van der Waals surface area contributed by atoms with Crippen LogP contribution in [0.4, 0.5) is 5.82 Å². The minimum absolute atomic E-state index is 0.0422. The predicted molar refractivity (Wildman–Crippen MR) is 120 cm³/mol. The second kappa shape index (κ2) is 9.11. The molecule has 0 spiro atoms. The summed E-state index contributed by atoms with van der Waals surface area (Å²) in [4.78, 5) is 34.4. The van der Waals surface area contributed by atoms with Gasteiger partial charge in [0.25, 0.3) is 5.56 Å². The van der Waals surface area contributed by atoms with Crippen LogP contribution in [0.25, 0.3) is 11.0 Å². The van der Waals surface area contributed by atoms with E-state index in [4.69, 9.17) is 0 Å². The fraction of sp³-hybridized carbons (Fsp3) is 0.375. The maximum absolute atomic E-state index is 13.1. The summed E-state index contributed by atoms with van der Waals surface area (Å²) in [7, 11) is 0. The first-order chi connectivity index (χ1) is 14.7. The Bertz CT molecular complexity index is 1070. The lowest BCUT2D eigenvalue weighted by Gasteiger charge is -2.35. The number of amides is 1. The molecule has 0 radical (unpaired) electrons. The number of anilines is 1. The molecule has 1 aliphatic heterocycles. The molecule has 1 fully saturated rings. The Morgan fingerprint density at radius 1 is 0.967 bits per heavy atom. The van der Waals surface area contributed by atoms with Crippen molar-refractivity contribution >= 4 is 22.8 Å². The summed E-state index contributed by atoms with van der Waals surface area (Å²) < 4.78 is 1.83. The second-order valence-corrected chi connectivity index (χ2v) is 7.73. The van der Waals surface area contributed by atoms with Crippen molar-refractivity contribution in [2.75, 3.05) is 31.1 Å². The highest BCUT2D eigenvalue weighted by atomic mass is 16.2. The van der Waals surface area contributed by atoms with Crippen LogP contribution < -0.4 is 10.5 Å². The number of fused-ring (bicyclic) bond motifs is 1. The maximum atomic E-state index is 13.1. The van der Waals surface area contributed by atoms with Gasteiger partial charge in [0.05, 0.1) is 11.0 Å². The molecule has 4 rings (SSSR count). The summed E-state index contributed by atoms with van der Waals surface area (Å²) in [6, 6.07) is 17.9. The average molecular weight is 405 g/mol. The van der Waals surface area contributed by atoms with Gasteiger partial charge in [0.15, 0.2) is 5.82 Å². The molecule has 1 saturated heterocycles. The van der Waals surface area contributed by atoms with Crippen LogP contribution in [0.5, 0.6) is 0 Å². The van der Waals surface area contributed by atoms with Crippen molar-refractivity contribution in [3.63, 3.8) is 0 Å². The van der Waals surface area contributed by atoms with E-state index in [2.05, 4.69) is 24.0 Å². The van der Waals surface area contributed by atoms with Gasteiger partial charge >= 0.3 is 0 Å². The predicted octanol–water partition coefficient (Wildman–Crippen LogP) is 3.09. The Morgan fingerprint density at radius 2 is 1.67 bits per heavy atom. The molecule has 0 N–H and O–H groups in total. The first-order valence-corrected chi connectivity index (χ1v) is 10.7. The van der Waals surface area contributed by atoms with E-state index in [1.54, 1.807) is 0 Å². The van der Waals surface area contributed by atoms with Crippen molar-refractivity contribution in [2.24, 2.45) is 0 Å². The minimum atomic E-state index is -0.0422. The lowest BCUT2D eigenvalue weighted by Crippen LogP contribution is -2.50. The van der Waals surface area contributed by atoms with E-state index in [-0.39, 0.29) is 11.5 Å². The summed E-state index contributed by atoms with van der Waals surface area (Å²) >= 11 is 0. The van der Waals surface area contributed by atoms with Crippen LogP contribution in [0, 0.1) is 0 Å². The summed E-state index contributed by atoms with van der Waals surface area (Å²) in [6.07, 6.45) is 2.16. The zero-order chi connectivity index (χ0) is 20.9. The van der Waals surface area contributed by atoms with Gasteiger partial charge < -0.3 is 14.4 Å². The van der Waals surface area contributed by atoms with Crippen molar-refractivity contribution in [2.45, 2.75) is 32.7 Å². The van der Waals surface area contributed by atoms with E-state index in [9.17, 15) is 9.59 Å². The average Bonchev–Trinajstić information content (AvgIpc) is 2.80. The zero-order valence-electron chi connectivity index (χ0n) is 17.5. The van der Waals surface area contributed by atoms with Crippen LogP contribution in [0.3, 0.4) is 0 Å².